The molecule has 0 atom stereocenters. The van der Waals surface area contributed by atoms with E-state index >= 15 is 0 Å². The summed E-state index contributed by atoms with van der Waals surface area (Å²) in [5.74, 6) is 7.23. The van der Waals surface area contributed by atoms with Crippen LogP contribution in [0.3, 0.4) is 0 Å². The van der Waals surface area contributed by atoms with E-state index in [9.17, 15) is 0 Å². The van der Waals surface area contributed by atoms with Gasteiger partial charge >= 0.3 is 0 Å². The van der Waals surface area contributed by atoms with Gasteiger partial charge in [0.25, 0.3) is 0 Å². The molecule has 2 rings (SSSR count). The lowest BCUT2D eigenvalue weighted by Gasteiger charge is -2.20. The molecule has 5 heteroatoms. The fraction of sp³-hybridized carbons (Fsp3) is 0.556. The number of anilines is 1. The second-order valence-corrected chi connectivity index (χ2v) is 3.33. The van der Waals surface area contributed by atoms with Crippen molar-refractivity contribution in [3.05, 3.63) is 18.1 Å². The Morgan fingerprint density at radius 1 is 1.43 bits per heavy atom. The van der Waals surface area contributed by atoms with Crippen LogP contribution in [0.5, 0.6) is 0 Å². The Hall–Kier alpha value is -1.20. The van der Waals surface area contributed by atoms with E-state index in [4.69, 9.17) is 10.6 Å². The second-order valence-electron chi connectivity index (χ2n) is 3.33. The Morgan fingerprint density at radius 2 is 2.21 bits per heavy atom. The molecule has 1 fully saturated rings. The number of ether oxygens (including phenoxy) is 1. The maximum absolute atomic E-state index is 5.28. The zero-order chi connectivity index (χ0) is 9.80. The minimum Gasteiger partial charge on any atom is -0.381 e. The molecular formula is C9H14N4O. The first kappa shape index (κ1) is 9.36. The highest BCUT2D eigenvalue weighted by molar-refractivity contribution is 5.31. The van der Waals surface area contributed by atoms with Gasteiger partial charge in [-0.3, -0.25) is 0 Å². The molecule has 76 valence electrons. The van der Waals surface area contributed by atoms with E-state index < -0.39 is 0 Å². The smallest absolute Gasteiger partial charge is 0.143 e. The van der Waals surface area contributed by atoms with Crippen LogP contribution in [0.25, 0.3) is 0 Å². The van der Waals surface area contributed by atoms with Crippen LogP contribution in [-0.4, -0.2) is 23.2 Å². The lowest BCUT2D eigenvalue weighted by atomic mass is 9.99. The third kappa shape index (κ3) is 2.00. The summed E-state index contributed by atoms with van der Waals surface area (Å²) in [6.07, 6.45) is 3.72. The zero-order valence-corrected chi connectivity index (χ0v) is 7.94. The molecule has 5 nitrogen and oxygen atoms in total. The van der Waals surface area contributed by atoms with E-state index in [0.29, 0.717) is 11.7 Å². The average Bonchev–Trinajstić information content (AvgIpc) is 2.30. The molecule has 3 N–H and O–H groups in total. The predicted molar refractivity (Wildman–Crippen MR) is 52.6 cm³/mol. The summed E-state index contributed by atoms with van der Waals surface area (Å²) in [5.41, 5.74) is 2.52. The first-order valence-corrected chi connectivity index (χ1v) is 4.77. The second kappa shape index (κ2) is 4.34. The van der Waals surface area contributed by atoms with E-state index in [1.54, 1.807) is 12.3 Å². The van der Waals surface area contributed by atoms with Gasteiger partial charge in [0.1, 0.15) is 11.6 Å². The third-order valence-electron chi connectivity index (χ3n) is 2.41. The number of nitrogens with two attached hydrogens (primary N) is 1. The summed E-state index contributed by atoms with van der Waals surface area (Å²) >= 11 is 0. The summed E-state index contributed by atoms with van der Waals surface area (Å²) in [5, 5.41) is 0. The van der Waals surface area contributed by atoms with Crippen molar-refractivity contribution in [3.63, 3.8) is 0 Å². The van der Waals surface area contributed by atoms with E-state index in [1.165, 1.54) is 0 Å². The molecule has 1 aliphatic rings. The van der Waals surface area contributed by atoms with Gasteiger partial charge in [-0.15, -0.1) is 0 Å². The quantitative estimate of drug-likeness (QED) is 0.534. The topological polar surface area (TPSA) is 73.1 Å². The van der Waals surface area contributed by atoms with E-state index in [0.717, 1.165) is 31.9 Å². The molecule has 2 heterocycles. The van der Waals surface area contributed by atoms with Gasteiger partial charge in [-0.05, 0) is 12.8 Å². The van der Waals surface area contributed by atoms with Gasteiger partial charge in [0, 0.05) is 31.4 Å². The molecule has 0 aliphatic carbocycles. The Kier molecular flexibility index (Phi) is 2.90. The van der Waals surface area contributed by atoms with Crippen LogP contribution in [0.2, 0.25) is 0 Å². The van der Waals surface area contributed by atoms with Gasteiger partial charge in [0.15, 0.2) is 0 Å². The van der Waals surface area contributed by atoms with Gasteiger partial charge < -0.3 is 10.2 Å². The molecule has 1 aromatic heterocycles. The van der Waals surface area contributed by atoms with Crippen LogP contribution >= 0.6 is 0 Å². The minimum absolute atomic E-state index is 0.414. The number of nitrogens with zero attached hydrogens (tertiary/aromatic N) is 2. The van der Waals surface area contributed by atoms with Crippen LogP contribution in [0.4, 0.5) is 5.82 Å². The van der Waals surface area contributed by atoms with Crippen LogP contribution in [0, 0.1) is 0 Å². The van der Waals surface area contributed by atoms with E-state index in [2.05, 4.69) is 15.4 Å². The SMILES string of the molecule is NNc1ccnc(C2CCOCC2)n1. The molecule has 0 spiro atoms. The van der Waals surface area contributed by atoms with Gasteiger partial charge in [-0.25, -0.2) is 15.8 Å². The summed E-state index contributed by atoms with van der Waals surface area (Å²) in [6, 6.07) is 1.75. The molecule has 0 aromatic carbocycles. The van der Waals surface area contributed by atoms with Gasteiger partial charge in [-0.1, -0.05) is 0 Å². The highest BCUT2D eigenvalue weighted by Crippen LogP contribution is 2.24. The number of hydrogen-bond acceptors (Lipinski definition) is 5. The van der Waals surface area contributed by atoms with Crippen molar-refractivity contribution in [1.29, 1.82) is 0 Å². The third-order valence-corrected chi connectivity index (χ3v) is 2.41. The van der Waals surface area contributed by atoms with Crippen molar-refractivity contribution < 1.29 is 4.74 Å². The zero-order valence-electron chi connectivity index (χ0n) is 7.94. The summed E-state index contributed by atoms with van der Waals surface area (Å²) in [7, 11) is 0. The molecule has 0 radical (unpaired) electrons. The molecule has 0 saturated carbocycles. The van der Waals surface area contributed by atoms with Crippen molar-refractivity contribution in [3.8, 4) is 0 Å². The lowest BCUT2D eigenvalue weighted by Crippen LogP contribution is -2.17. The van der Waals surface area contributed by atoms with Crippen molar-refractivity contribution in [2.75, 3.05) is 18.6 Å². The molecule has 0 bridgehead atoms. The first-order valence-electron chi connectivity index (χ1n) is 4.77. The average molecular weight is 194 g/mol. The lowest BCUT2D eigenvalue weighted by molar-refractivity contribution is 0.0836. The van der Waals surface area contributed by atoms with Gasteiger partial charge in [-0.2, -0.15) is 0 Å². The highest BCUT2D eigenvalue weighted by atomic mass is 16.5. The van der Waals surface area contributed by atoms with E-state index in [-0.39, 0.29) is 0 Å². The molecular weight excluding hydrogens is 180 g/mol. The van der Waals surface area contributed by atoms with Crippen molar-refractivity contribution in [2.24, 2.45) is 5.84 Å². The molecule has 1 aromatic rings. The summed E-state index contributed by atoms with van der Waals surface area (Å²) in [4.78, 5) is 8.56. The van der Waals surface area contributed by atoms with Gasteiger partial charge in [0.2, 0.25) is 0 Å². The van der Waals surface area contributed by atoms with Crippen LogP contribution < -0.4 is 11.3 Å². The molecule has 1 aliphatic heterocycles. The fourth-order valence-corrected chi connectivity index (χ4v) is 1.61. The summed E-state index contributed by atoms with van der Waals surface area (Å²) in [6.45, 7) is 1.60. The monoisotopic (exact) mass is 194 g/mol. The number of aromatic nitrogens is 2. The molecule has 0 amide bonds. The Bertz CT molecular complexity index is 299. The maximum atomic E-state index is 5.28. The van der Waals surface area contributed by atoms with Crippen molar-refractivity contribution in [1.82, 2.24) is 9.97 Å². The standard InChI is InChI=1S/C9H14N4O/c10-13-8-1-4-11-9(12-8)7-2-5-14-6-3-7/h1,4,7H,2-3,5-6,10H2,(H,11,12,13). The van der Waals surface area contributed by atoms with Crippen molar-refractivity contribution in [2.45, 2.75) is 18.8 Å². The maximum Gasteiger partial charge on any atom is 0.143 e. The number of hydrogen-bond donors (Lipinski definition) is 2. The Labute approximate surface area is 82.7 Å². The molecule has 14 heavy (non-hydrogen) atoms. The first-order chi connectivity index (χ1) is 6.90. The Morgan fingerprint density at radius 3 is 2.93 bits per heavy atom. The summed E-state index contributed by atoms with van der Waals surface area (Å²) < 4.78 is 5.28. The van der Waals surface area contributed by atoms with Crippen LogP contribution in [-0.2, 0) is 4.74 Å². The largest absolute Gasteiger partial charge is 0.381 e. The number of rotatable bonds is 2. The van der Waals surface area contributed by atoms with Crippen LogP contribution in [0.1, 0.15) is 24.6 Å². The molecule has 1 saturated heterocycles. The van der Waals surface area contributed by atoms with E-state index in [1.807, 2.05) is 0 Å². The number of hydrazine groups is 1. The highest BCUT2D eigenvalue weighted by Gasteiger charge is 2.18. The van der Waals surface area contributed by atoms with Crippen LogP contribution in [0.15, 0.2) is 12.3 Å². The Balaban J connectivity index is 2.13. The number of nitrogen functional groups attached to an aromatic ring is 1. The number of nitrogens with one attached hydrogen (secondary N) is 1. The van der Waals surface area contributed by atoms with Crippen molar-refractivity contribution >= 4 is 5.82 Å². The minimum atomic E-state index is 0.414. The van der Waals surface area contributed by atoms with Gasteiger partial charge in [0.05, 0.1) is 0 Å². The fourth-order valence-electron chi connectivity index (χ4n) is 1.61. The predicted octanol–water partition coefficient (Wildman–Crippen LogP) is 0.656. The normalized spacial score (nSPS) is 18.1. The molecule has 0 unspecified atom stereocenters.